The second-order valence-electron chi connectivity index (χ2n) is 6.19. The molecule has 2 atom stereocenters. The molecule has 1 N–H and O–H groups in total. The van der Waals surface area contributed by atoms with E-state index in [2.05, 4.69) is 30.2 Å². The van der Waals surface area contributed by atoms with Gasteiger partial charge in [-0.3, -0.25) is 4.98 Å². The number of nitrogens with one attached hydrogen (secondary N) is 1. The molecule has 0 amide bonds. The normalized spacial score (nSPS) is 22.9. The highest BCUT2D eigenvalue weighted by atomic mass is 16.5. The molecule has 1 aliphatic rings. The molecule has 0 radical (unpaired) electrons. The quantitative estimate of drug-likeness (QED) is 0.869. The summed E-state index contributed by atoms with van der Waals surface area (Å²) >= 11 is 0. The topological polar surface area (TPSA) is 34.2 Å². The molecule has 1 saturated carbocycles. The van der Waals surface area contributed by atoms with E-state index in [4.69, 9.17) is 4.74 Å². The van der Waals surface area contributed by atoms with E-state index in [9.17, 15) is 0 Å². The van der Waals surface area contributed by atoms with Crippen molar-refractivity contribution in [2.45, 2.75) is 46.3 Å². The molecule has 0 saturated heterocycles. The summed E-state index contributed by atoms with van der Waals surface area (Å²) in [5, 5.41) is 3.42. The molecule has 0 aliphatic heterocycles. The van der Waals surface area contributed by atoms with Gasteiger partial charge in [-0.2, -0.15) is 0 Å². The Morgan fingerprint density at radius 1 is 1.39 bits per heavy atom. The van der Waals surface area contributed by atoms with Crippen LogP contribution in [-0.2, 0) is 0 Å². The molecule has 2 unspecified atom stereocenters. The van der Waals surface area contributed by atoms with Crippen molar-refractivity contribution in [2.24, 2.45) is 11.3 Å². The standard InChI is InChI=1S/C15H24N2O/c1-10(2)18-12-6-11(8-17-9-12)14(16-5)13-7-15(13,3)4/h6,8-10,13-14,16H,7H2,1-5H3. The monoisotopic (exact) mass is 248 g/mol. The van der Waals surface area contributed by atoms with Crippen LogP contribution in [0, 0.1) is 11.3 Å². The maximum Gasteiger partial charge on any atom is 0.138 e. The van der Waals surface area contributed by atoms with Crippen molar-refractivity contribution in [3.05, 3.63) is 24.0 Å². The Morgan fingerprint density at radius 2 is 2.06 bits per heavy atom. The fourth-order valence-corrected chi connectivity index (χ4v) is 2.62. The molecule has 100 valence electrons. The molecule has 1 aliphatic carbocycles. The first-order valence-corrected chi connectivity index (χ1v) is 6.73. The number of hydrogen-bond donors (Lipinski definition) is 1. The second kappa shape index (κ2) is 4.88. The van der Waals surface area contributed by atoms with Crippen LogP contribution in [0.2, 0.25) is 0 Å². The Hall–Kier alpha value is -1.09. The van der Waals surface area contributed by atoms with Crippen LogP contribution < -0.4 is 10.1 Å². The summed E-state index contributed by atoms with van der Waals surface area (Å²) in [7, 11) is 2.02. The molecule has 3 heteroatoms. The van der Waals surface area contributed by atoms with Gasteiger partial charge in [0, 0.05) is 12.2 Å². The van der Waals surface area contributed by atoms with Crippen molar-refractivity contribution in [3.8, 4) is 5.75 Å². The Morgan fingerprint density at radius 3 is 2.56 bits per heavy atom. The number of nitrogens with zero attached hydrogens (tertiary/aromatic N) is 1. The number of rotatable bonds is 5. The first kappa shape index (κ1) is 13.3. The van der Waals surface area contributed by atoms with Crippen LogP contribution in [0.5, 0.6) is 5.75 Å². The maximum absolute atomic E-state index is 5.71. The molecule has 1 heterocycles. The van der Waals surface area contributed by atoms with Crippen LogP contribution in [0.25, 0.3) is 0 Å². The molecule has 1 fully saturated rings. The number of ether oxygens (including phenoxy) is 1. The summed E-state index contributed by atoms with van der Waals surface area (Å²) in [5.74, 6) is 1.56. The van der Waals surface area contributed by atoms with E-state index in [-0.39, 0.29) is 6.10 Å². The molecule has 0 bridgehead atoms. The molecule has 0 aromatic carbocycles. The predicted molar refractivity (Wildman–Crippen MR) is 73.7 cm³/mol. The molecular weight excluding hydrogens is 224 g/mol. The third-order valence-electron chi connectivity index (χ3n) is 3.77. The molecule has 3 nitrogen and oxygen atoms in total. The fourth-order valence-electron chi connectivity index (χ4n) is 2.62. The Labute approximate surface area is 110 Å². The Kier molecular flexibility index (Phi) is 3.62. The zero-order chi connectivity index (χ0) is 13.3. The lowest BCUT2D eigenvalue weighted by molar-refractivity contribution is 0.241. The Bertz CT molecular complexity index is 415. The van der Waals surface area contributed by atoms with E-state index >= 15 is 0 Å². The van der Waals surface area contributed by atoms with Crippen LogP contribution in [0.15, 0.2) is 18.5 Å². The van der Waals surface area contributed by atoms with E-state index in [1.165, 1.54) is 12.0 Å². The molecule has 0 spiro atoms. The van der Waals surface area contributed by atoms with Crippen molar-refractivity contribution in [1.82, 2.24) is 10.3 Å². The first-order chi connectivity index (χ1) is 8.44. The lowest BCUT2D eigenvalue weighted by Crippen LogP contribution is -2.21. The second-order valence-corrected chi connectivity index (χ2v) is 6.19. The molecule has 1 aromatic rings. The van der Waals surface area contributed by atoms with Crippen molar-refractivity contribution in [2.75, 3.05) is 7.05 Å². The van der Waals surface area contributed by atoms with Gasteiger partial charge in [-0.05, 0) is 50.3 Å². The van der Waals surface area contributed by atoms with Crippen LogP contribution in [0.3, 0.4) is 0 Å². The summed E-state index contributed by atoms with van der Waals surface area (Å²) in [5.41, 5.74) is 1.67. The van der Waals surface area contributed by atoms with Crippen LogP contribution in [0.4, 0.5) is 0 Å². The van der Waals surface area contributed by atoms with Gasteiger partial charge in [0.2, 0.25) is 0 Å². The van der Waals surface area contributed by atoms with Gasteiger partial charge >= 0.3 is 0 Å². The van der Waals surface area contributed by atoms with Crippen LogP contribution >= 0.6 is 0 Å². The van der Waals surface area contributed by atoms with E-state index in [0.29, 0.717) is 17.4 Å². The van der Waals surface area contributed by atoms with Crippen molar-refractivity contribution < 1.29 is 4.74 Å². The zero-order valence-electron chi connectivity index (χ0n) is 12.0. The minimum Gasteiger partial charge on any atom is -0.489 e. The smallest absolute Gasteiger partial charge is 0.138 e. The lowest BCUT2D eigenvalue weighted by atomic mass is 9.98. The van der Waals surface area contributed by atoms with Gasteiger partial charge in [-0.25, -0.2) is 0 Å². The number of pyridine rings is 1. The summed E-state index contributed by atoms with van der Waals surface area (Å²) in [6.07, 6.45) is 5.19. The van der Waals surface area contributed by atoms with E-state index in [0.717, 1.165) is 5.75 Å². The third-order valence-corrected chi connectivity index (χ3v) is 3.77. The SMILES string of the molecule is CNC(c1cncc(OC(C)C)c1)C1CC1(C)C. The summed E-state index contributed by atoms with van der Waals surface area (Å²) in [6, 6.07) is 2.49. The molecule has 2 rings (SSSR count). The average molecular weight is 248 g/mol. The molecule has 18 heavy (non-hydrogen) atoms. The zero-order valence-corrected chi connectivity index (χ0v) is 12.0. The minimum absolute atomic E-state index is 0.187. The number of aromatic nitrogens is 1. The van der Waals surface area contributed by atoms with Crippen molar-refractivity contribution in [1.29, 1.82) is 0 Å². The van der Waals surface area contributed by atoms with Crippen molar-refractivity contribution in [3.63, 3.8) is 0 Å². The van der Waals surface area contributed by atoms with E-state index in [1.807, 2.05) is 27.1 Å². The lowest BCUT2D eigenvalue weighted by Gasteiger charge is -2.19. The highest BCUT2D eigenvalue weighted by Gasteiger charge is 2.50. The molecular formula is C15H24N2O. The minimum atomic E-state index is 0.187. The van der Waals surface area contributed by atoms with Crippen molar-refractivity contribution >= 4 is 0 Å². The molecule has 1 aromatic heterocycles. The highest BCUT2D eigenvalue weighted by molar-refractivity contribution is 5.28. The summed E-state index contributed by atoms with van der Waals surface area (Å²) in [6.45, 7) is 8.71. The van der Waals surface area contributed by atoms with Gasteiger partial charge < -0.3 is 10.1 Å². The van der Waals surface area contributed by atoms with Gasteiger partial charge in [-0.15, -0.1) is 0 Å². The fraction of sp³-hybridized carbons (Fsp3) is 0.667. The van der Waals surface area contributed by atoms with Crippen LogP contribution in [-0.4, -0.2) is 18.1 Å². The van der Waals surface area contributed by atoms with E-state index in [1.54, 1.807) is 6.20 Å². The third kappa shape index (κ3) is 2.83. The van der Waals surface area contributed by atoms with Gasteiger partial charge in [0.1, 0.15) is 5.75 Å². The van der Waals surface area contributed by atoms with Gasteiger partial charge in [0.05, 0.1) is 12.3 Å². The van der Waals surface area contributed by atoms with Gasteiger partial charge in [0.25, 0.3) is 0 Å². The van der Waals surface area contributed by atoms with Crippen LogP contribution in [0.1, 0.15) is 45.7 Å². The number of hydrogen-bond acceptors (Lipinski definition) is 3. The average Bonchev–Trinajstić information content (AvgIpc) is 2.88. The Balaban J connectivity index is 2.16. The maximum atomic E-state index is 5.71. The summed E-state index contributed by atoms with van der Waals surface area (Å²) < 4.78 is 5.71. The van der Waals surface area contributed by atoms with Gasteiger partial charge in [-0.1, -0.05) is 13.8 Å². The predicted octanol–water partition coefficient (Wildman–Crippen LogP) is 3.18. The van der Waals surface area contributed by atoms with Gasteiger partial charge in [0.15, 0.2) is 0 Å². The first-order valence-electron chi connectivity index (χ1n) is 6.73. The highest BCUT2D eigenvalue weighted by Crippen LogP contribution is 2.57. The van der Waals surface area contributed by atoms with E-state index < -0.39 is 0 Å². The largest absolute Gasteiger partial charge is 0.489 e. The summed E-state index contributed by atoms with van der Waals surface area (Å²) in [4.78, 5) is 4.30.